The standard InChI is InChI=1S/C13H28N2/c1-10(2)8-15(11(3)4)13(5,9-14)12-6-7-12/h10-12H,6-9,14H2,1-5H3. The van der Waals surface area contributed by atoms with Crippen LogP contribution in [0.3, 0.4) is 0 Å². The first kappa shape index (κ1) is 13.0. The van der Waals surface area contributed by atoms with E-state index in [9.17, 15) is 0 Å². The molecule has 0 aliphatic heterocycles. The maximum atomic E-state index is 6.02. The van der Waals surface area contributed by atoms with Gasteiger partial charge in [0, 0.05) is 24.7 Å². The maximum absolute atomic E-state index is 6.02. The average molecular weight is 212 g/mol. The smallest absolute Gasteiger partial charge is 0.0334 e. The van der Waals surface area contributed by atoms with E-state index in [1.807, 2.05) is 0 Å². The van der Waals surface area contributed by atoms with Crippen LogP contribution in [0.4, 0.5) is 0 Å². The second-order valence-electron chi connectivity index (χ2n) is 5.98. The highest BCUT2D eigenvalue weighted by molar-refractivity contribution is 5.01. The molecule has 0 radical (unpaired) electrons. The largest absolute Gasteiger partial charge is 0.329 e. The first-order chi connectivity index (χ1) is 6.91. The minimum atomic E-state index is 0.235. The van der Waals surface area contributed by atoms with Gasteiger partial charge in [-0.1, -0.05) is 13.8 Å². The average Bonchev–Trinajstić information content (AvgIpc) is 2.95. The molecule has 0 amide bonds. The van der Waals surface area contributed by atoms with Gasteiger partial charge in [-0.25, -0.2) is 0 Å². The summed E-state index contributed by atoms with van der Waals surface area (Å²) in [6.45, 7) is 13.5. The van der Waals surface area contributed by atoms with Crippen molar-refractivity contribution in [2.45, 2.75) is 59.0 Å². The van der Waals surface area contributed by atoms with Crippen molar-refractivity contribution in [2.75, 3.05) is 13.1 Å². The summed E-state index contributed by atoms with van der Waals surface area (Å²) >= 11 is 0. The molecule has 1 fully saturated rings. The third kappa shape index (κ3) is 2.94. The lowest BCUT2D eigenvalue weighted by Crippen LogP contribution is -2.57. The van der Waals surface area contributed by atoms with Crippen LogP contribution in [0.25, 0.3) is 0 Å². The molecule has 0 saturated heterocycles. The molecule has 2 N–H and O–H groups in total. The molecule has 0 aromatic carbocycles. The number of hydrogen-bond donors (Lipinski definition) is 1. The Labute approximate surface area is 95.2 Å². The summed E-state index contributed by atoms with van der Waals surface area (Å²) in [6.07, 6.45) is 2.74. The highest BCUT2D eigenvalue weighted by Crippen LogP contribution is 2.43. The predicted octanol–water partition coefficient (Wildman–Crippen LogP) is 2.48. The van der Waals surface area contributed by atoms with E-state index in [0.29, 0.717) is 6.04 Å². The van der Waals surface area contributed by atoms with Gasteiger partial charge in [0.15, 0.2) is 0 Å². The van der Waals surface area contributed by atoms with Gasteiger partial charge in [0.05, 0.1) is 0 Å². The summed E-state index contributed by atoms with van der Waals surface area (Å²) in [7, 11) is 0. The van der Waals surface area contributed by atoms with E-state index in [0.717, 1.165) is 18.4 Å². The lowest BCUT2D eigenvalue weighted by atomic mass is 9.91. The minimum absolute atomic E-state index is 0.235. The zero-order valence-electron chi connectivity index (χ0n) is 11.1. The first-order valence-corrected chi connectivity index (χ1v) is 6.38. The molecule has 1 rings (SSSR count). The summed E-state index contributed by atoms with van der Waals surface area (Å²) in [5, 5.41) is 0. The Balaban J connectivity index is 2.75. The van der Waals surface area contributed by atoms with Gasteiger partial charge in [-0.15, -0.1) is 0 Å². The van der Waals surface area contributed by atoms with E-state index >= 15 is 0 Å². The highest BCUT2D eigenvalue weighted by atomic mass is 15.2. The van der Waals surface area contributed by atoms with Crippen molar-refractivity contribution in [1.82, 2.24) is 4.90 Å². The lowest BCUT2D eigenvalue weighted by Gasteiger charge is -2.45. The van der Waals surface area contributed by atoms with Gasteiger partial charge in [-0.3, -0.25) is 4.90 Å². The van der Waals surface area contributed by atoms with Crippen LogP contribution in [-0.4, -0.2) is 29.6 Å². The first-order valence-electron chi connectivity index (χ1n) is 6.38. The fourth-order valence-electron chi connectivity index (χ4n) is 2.63. The highest BCUT2D eigenvalue weighted by Gasteiger charge is 2.45. The Morgan fingerprint density at radius 2 is 1.80 bits per heavy atom. The maximum Gasteiger partial charge on any atom is 0.0334 e. The van der Waals surface area contributed by atoms with Crippen LogP contribution in [0.1, 0.15) is 47.5 Å². The van der Waals surface area contributed by atoms with Gasteiger partial charge in [0.25, 0.3) is 0 Å². The number of hydrogen-bond acceptors (Lipinski definition) is 2. The van der Waals surface area contributed by atoms with Gasteiger partial charge in [0.1, 0.15) is 0 Å². The second-order valence-corrected chi connectivity index (χ2v) is 5.98. The van der Waals surface area contributed by atoms with Crippen molar-refractivity contribution in [1.29, 1.82) is 0 Å². The molecule has 0 aromatic rings. The van der Waals surface area contributed by atoms with Gasteiger partial charge in [0.2, 0.25) is 0 Å². The minimum Gasteiger partial charge on any atom is -0.329 e. The summed E-state index contributed by atoms with van der Waals surface area (Å²) in [5.41, 5.74) is 6.26. The molecule has 1 unspecified atom stereocenters. The summed E-state index contributed by atoms with van der Waals surface area (Å²) < 4.78 is 0. The van der Waals surface area contributed by atoms with Crippen LogP contribution in [0.15, 0.2) is 0 Å². The van der Waals surface area contributed by atoms with Crippen LogP contribution in [0, 0.1) is 11.8 Å². The number of nitrogens with two attached hydrogens (primary N) is 1. The fourth-order valence-corrected chi connectivity index (χ4v) is 2.63. The molecule has 1 aliphatic rings. The Kier molecular flexibility index (Phi) is 4.19. The molecule has 0 spiro atoms. The Hall–Kier alpha value is -0.0800. The molecule has 90 valence electrons. The second kappa shape index (κ2) is 4.84. The molecule has 1 atom stereocenters. The fraction of sp³-hybridized carbons (Fsp3) is 1.00. The molecule has 0 aromatic heterocycles. The van der Waals surface area contributed by atoms with Crippen molar-refractivity contribution in [3.63, 3.8) is 0 Å². The quantitative estimate of drug-likeness (QED) is 0.733. The van der Waals surface area contributed by atoms with Crippen LogP contribution in [0.2, 0.25) is 0 Å². The van der Waals surface area contributed by atoms with Crippen molar-refractivity contribution in [2.24, 2.45) is 17.6 Å². The van der Waals surface area contributed by atoms with E-state index in [1.54, 1.807) is 0 Å². The van der Waals surface area contributed by atoms with Crippen LogP contribution in [0.5, 0.6) is 0 Å². The van der Waals surface area contributed by atoms with E-state index in [2.05, 4.69) is 39.5 Å². The Bertz CT molecular complexity index is 197. The summed E-state index contributed by atoms with van der Waals surface area (Å²) in [6, 6.07) is 0.599. The molecule has 0 bridgehead atoms. The van der Waals surface area contributed by atoms with Gasteiger partial charge >= 0.3 is 0 Å². The van der Waals surface area contributed by atoms with Crippen molar-refractivity contribution in [3.05, 3.63) is 0 Å². The zero-order chi connectivity index (χ0) is 11.6. The van der Waals surface area contributed by atoms with Crippen molar-refractivity contribution in [3.8, 4) is 0 Å². The number of rotatable bonds is 6. The van der Waals surface area contributed by atoms with Crippen LogP contribution < -0.4 is 5.73 Å². The van der Waals surface area contributed by atoms with Crippen molar-refractivity contribution < 1.29 is 0 Å². The predicted molar refractivity (Wildman–Crippen MR) is 66.9 cm³/mol. The molecule has 0 heterocycles. The van der Waals surface area contributed by atoms with Gasteiger partial charge < -0.3 is 5.73 Å². The molecule has 2 nitrogen and oxygen atoms in total. The molecule has 1 saturated carbocycles. The summed E-state index contributed by atoms with van der Waals surface area (Å²) in [5.74, 6) is 1.56. The third-order valence-electron chi connectivity index (χ3n) is 3.71. The molecular weight excluding hydrogens is 184 g/mol. The zero-order valence-corrected chi connectivity index (χ0v) is 11.1. The normalized spacial score (nSPS) is 21.4. The molecule has 15 heavy (non-hydrogen) atoms. The van der Waals surface area contributed by atoms with Crippen LogP contribution >= 0.6 is 0 Å². The SMILES string of the molecule is CC(C)CN(C(C)C)C(C)(CN)C1CC1. The van der Waals surface area contributed by atoms with Gasteiger partial charge in [-0.05, 0) is 45.4 Å². The van der Waals surface area contributed by atoms with Crippen molar-refractivity contribution >= 4 is 0 Å². The Morgan fingerprint density at radius 3 is 2.07 bits per heavy atom. The van der Waals surface area contributed by atoms with E-state index in [4.69, 9.17) is 5.73 Å². The molecular formula is C13H28N2. The van der Waals surface area contributed by atoms with Gasteiger partial charge in [-0.2, -0.15) is 0 Å². The van der Waals surface area contributed by atoms with E-state index in [1.165, 1.54) is 19.4 Å². The lowest BCUT2D eigenvalue weighted by molar-refractivity contribution is 0.0458. The van der Waals surface area contributed by atoms with E-state index in [-0.39, 0.29) is 5.54 Å². The molecule has 1 aliphatic carbocycles. The summed E-state index contributed by atoms with van der Waals surface area (Å²) in [4.78, 5) is 2.62. The third-order valence-corrected chi connectivity index (χ3v) is 3.71. The molecule has 2 heteroatoms. The number of nitrogens with zero attached hydrogens (tertiary/aromatic N) is 1. The van der Waals surface area contributed by atoms with E-state index < -0.39 is 0 Å². The Morgan fingerprint density at radius 1 is 1.27 bits per heavy atom. The topological polar surface area (TPSA) is 29.3 Å². The monoisotopic (exact) mass is 212 g/mol. The van der Waals surface area contributed by atoms with Crippen LogP contribution in [-0.2, 0) is 0 Å².